The van der Waals surface area contributed by atoms with Gasteiger partial charge in [0.2, 0.25) is 0 Å². The molecule has 0 N–H and O–H groups in total. The highest BCUT2D eigenvalue weighted by Gasteiger charge is 2.39. The number of rotatable bonds is 3. The molecule has 2 heterocycles. The molecule has 0 saturated heterocycles. The molecule has 0 saturated carbocycles. The van der Waals surface area contributed by atoms with E-state index in [0.29, 0.717) is 16.8 Å². The molecular formula is C18H14N4O3S. The van der Waals surface area contributed by atoms with Crippen LogP contribution in [-0.4, -0.2) is 32.8 Å². The van der Waals surface area contributed by atoms with Crippen molar-refractivity contribution in [2.24, 2.45) is 9.98 Å². The van der Waals surface area contributed by atoms with Crippen molar-refractivity contribution in [3.05, 3.63) is 69.8 Å². The van der Waals surface area contributed by atoms with Gasteiger partial charge in [0.1, 0.15) is 11.9 Å². The third kappa shape index (κ3) is 2.78. The van der Waals surface area contributed by atoms with Crippen molar-refractivity contribution < 1.29 is 9.72 Å². The number of hydrogen-bond donors (Lipinski definition) is 0. The summed E-state index contributed by atoms with van der Waals surface area (Å²) in [6.45, 7) is 1.77. The zero-order valence-corrected chi connectivity index (χ0v) is 14.6. The van der Waals surface area contributed by atoms with Gasteiger partial charge in [-0.2, -0.15) is 0 Å². The van der Waals surface area contributed by atoms with Gasteiger partial charge in [-0.3, -0.25) is 19.9 Å². The molecule has 0 aliphatic carbocycles. The lowest BCUT2D eigenvalue weighted by atomic mass is 10.1. The number of amides is 1. The quantitative estimate of drug-likeness (QED) is 0.614. The van der Waals surface area contributed by atoms with Crippen LogP contribution in [0.2, 0.25) is 0 Å². The van der Waals surface area contributed by atoms with Gasteiger partial charge in [-0.05, 0) is 24.6 Å². The molecule has 0 radical (unpaired) electrons. The number of fused-ring (bicyclic) bond motifs is 3. The van der Waals surface area contributed by atoms with Crippen LogP contribution in [0.3, 0.4) is 0 Å². The highest BCUT2D eigenvalue weighted by molar-refractivity contribution is 8.13. The number of hydrogen-bond acceptors (Lipinski definition) is 6. The van der Waals surface area contributed by atoms with Crippen molar-refractivity contribution in [2.45, 2.75) is 18.7 Å². The summed E-state index contributed by atoms with van der Waals surface area (Å²) in [4.78, 5) is 33.6. The minimum atomic E-state index is -0.429. The predicted octanol–water partition coefficient (Wildman–Crippen LogP) is 3.51. The lowest BCUT2D eigenvalue weighted by Crippen LogP contribution is -2.40. The Balaban J connectivity index is 1.61. The second kappa shape index (κ2) is 6.38. The van der Waals surface area contributed by atoms with Crippen LogP contribution in [0.4, 0.5) is 11.4 Å². The maximum atomic E-state index is 12.5. The van der Waals surface area contributed by atoms with E-state index in [4.69, 9.17) is 0 Å². The van der Waals surface area contributed by atoms with Crippen LogP contribution in [0.1, 0.15) is 18.1 Å². The minimum absolute atomic E-state index is 0.0562. The molecule has 2 aromatic carbocycles. The van der Waals surface area contributed by atoms with Gasteiger partial charge < -0.3 is 0 Å². The maximum Gasteiger partial charge on any atom is 0.269 e. The number of amidine groups is 2. The molecule has 0 fully saturated rings. The van der Waals surface area contributed by atoms with Crippen LogP contribution in [-0.2, 0) is 10.5 Å². The standard InChI is InChI=1S/C18H14N4O3S/c1-11-17(23)21-16(19-11)14-4-2-3-5-15(14)20-18(21)26-10-12-6-8-13(9-7-12)22(24)25/h2-9,11H,10H2,1H3/t11-/m0/s1. The number of para-hydroxylation sites is 1. The molecule has 130 valence electrons. The fourth-order valence-corrected chi connectivity index (χ4v) is 3.79. The van der Waals surface area contributed by atoms with Crippen molar-refractivity contribution >= 4 is 40.0 Å². The van der Waals surface area contributed by atoms with E-state index in [-0.39, 0.29) is 11.6 Å². The number of nitro groups is 1. The second-order valence-corrected chi connectivity index (χ2v) is 6.87. The van der Waals surface area contributed by atoms with Crippen LogP contribution in [0.15, 0.2) is 58.5 Å². The Bertz CT molecular complexity index is 969. The van der Waals surface area contributed by atoms with Crippen LogP contribution in [0.5, 0.6) is 0 Å². The molecule has 2 aliphatic heterocycles. The molecule has 26 heavy (non-hydrogen) atoms. The number of non-ortho nitro benzene ring substituents is 1. The van der Waals surface area contributed by atoms with E-state index >= 15 is 0 Å². The first-order valence-corrected chi connectivity index (χ1v) is 8.99. The molecule has 2 aliphatic rings. The van der Waals surface area contributed by atoms with E-state index in [1.165, 1.54) is 23.9 Å². The van der Waals surface area contributed by atoms with E-state index in [1.54, 1.807) is 24.0 Å². The Morgan fingerprint density at radius 2 is 1.92 bits per heavy atom. The van der Waals surface area contributed by atoms with Gasteiger partial charge >= 0.3 is 0 Å². The molecule has 0 aromatic heterocycles. The van der Waals surface area contributed by atoms with Crippen molar-refractivity contribution in [1.82, 2.24) is 4.90 Å². The second-order valence-electron chi connectivity index (χ2n) is 5.93. The molecule has 0 unspecified atom stereocenters. The number of carbonyl (C=O) groups excluding carboxylic acids is 1. The SMILES string of the molecule is C[C@@H]1N=C2c3ccccc3N=C(SCc3ccc([N+](=O)[O-])cc3)N2C1=O. The monoisotopic (exact) mass is 366 g/mol. The first-order chi connectivity index (χ1) is 12.5. The van der Waals surface area contributed by atoms with Crippen LogP contribution < -0.4 is 0 Å². The predicted molar refractivity (Wildman–Crippen MR) is 101 cm³/mol. The summed E-state index contributed by atoms with van der Waals surface area (Å²) in [5, 5.41) is 11.3. The Kier molecular flexibility index (Phi) is 4.04. The van der Waals surface area contributed by atoms with Crippen molar-refractivity contribution in [3.63, 3.8) is 0 Å². The highest BCUT2D eigenvalue weighted by Crippen LogP contribution is 2.34. The fourth-order valence-electron chi connectivity index (χ4n) is 2.83. The summed E-state index contributed by atoms with van der Waals surface area (Å²) in [5.74, 6) is 1.09. The van der Waals surface area contributed by atoms with Gasteiger partial charge in [0.05, 0.1) is 10.6 Å². The first kappa shape index (κ1) is 16.5. The highest BCUT2D eigenvalue weighted by atomic mass is 32.2. The zero-order valence-electron chi connectivity index (χ0n) is 13.8. The molecule has 0 spiro atoms. The smallest absolute Gasteiger partial charge is 0.269 e. The van der Waals surface area contributed by atoms with E-state index in [1.807, 2.05) is 24.3 Å². The number of nitro benzene ring substituents is 1. The van der Waals surface area contributed by atoms with Gasteiger partial charge in [-0.25, -0.2) is 9.89 Å². The summed E-state index contributed by atoms with van der Waals surface area (Å²) in [5.41, 5.74) is 2.61. The maximum absolute atomic E-state index is 12.5. The largest absolute Gasteiger partial charge is 0.272 e. The topological polar surface area (TPSA) is 88.2 Å². The Morgan fingerprint density at radius 3 is 2.65 bits per heavy atom. The summed E-state index contributed by atoms with van der Waals surface area (Å²) >= 11 is 1.41. The molecule has 0 bridgehead atoms. The number of carbonyl (C=O) groups is 1. The number of thioether (sulfide) groups is 1. The average molecular weight is 366 g/mol. The number of benzene rings is 2. The molecule has 4 rings (SSSR count). The van der Waals surface area contributed by atoms with Crippen LogP contribution in [0, 0.1) is 10.1 Å². The molecule has 2 aromatic rings. The van der Waals surface area contributed by atoms with Crippen molar-refractivity contribution in [3.8, 4) is 0 Å². The number of nitrogens with zero attached hydrogens (tertiary/aromatic N) is 4. The summed E-state index contributed by atoms with van der Waals surface area (Å²) in [7, 11) is 0. The first-order valence-electron chi connectivity index (χ1n) is 8.00. The van der Waals surface area contributed by atoms with Crippen molar-refractivity contribution in [2.75, 3.05) is 0 Å². The molecular weight excluding hydrogens is 352 g/mol. The average Bonchev–Trinajstić information content (AvgIpc) is 2.95. The lowest BCUT2D eigenvalue weighted by Gasteiger charge is -2.25. The van der Waals surface area contributed by atoms with Gasteiger partial charge in [0.25, 0.3) is 11.6 Å². The molecule has 8 heteroatoms. The summed E-state index contributed by atoms with van der Waals surface area (Å²) in [6, 6.07) is 13.6. The lowest BCUT2D eigenvalue weighted by molar-refractivity contribution is -0.384. The van der Waals surface area contributed by atoms with Gasteiger partial charge in [0, 0.05) is 23.4 Å². The van der Waals surface area contributed by atoms with E-state index in [0.717, 1.165) is 16.8 Å². The van der Waals surface area contributed by atoms with Crippen LogP contribution >= 0.6 is 11.8 Å². The fraction of sp³-hybridized carbons (Fsp3) is 0.167. The zero-order chi connectivity index (χ0) is 18.3. The van der Waals surface area contributed by atoms with E-state index in [2.05, 4.69) is 9.98 Å². The number of aliphatic imine (C=N–C) groups is 2. The van der Waals surface area contributed by atoms with E-state index in [9.17, 15) is 14.9 Å². The normalized spacial score (nSPS) is 18.1. The van der Waals surface area contributed by atoms with Gasteiger partial charge in [-0.15, -0.1) is 0 Å². The minimum Gasteiger partial charge on any atom is -0.272 e. The molecule has 1 amide bonds. The third-order valence-electron chi connectivity index (χ3n) is 4.17. The Morgan fingerprint density at radius 1 is 1.19 bits per heavy atom. The van der Waals surface area contributed by atoms with Gasteiger partial charge in [0.15, 0.2) is 5.17 Å². The Labute approximate surface area is 153 Å². The van der Waals surface area contributed by atoms with Crippen molar-refractivity contribution in [1.29, 1.82) is 0 Å². The summed E-state index contributed by atoms with van der Waals surface area (Å²) in [6.07, 6.45) is 0. The van der Waals surface area contributed by atoms with Crippen LogP contribution in [0.25, 0.3) is 0 Å². The molecule has 1 atom stereocenters. The summed E-state index contributed by atoms with van der Waals surface area (Å²) < 4.78 is 0. The molecule has 7 nitrogen and oxygen atoms in total. The third-order valence-corrected chi connectivity index (χ3v) is 5.18. The Hall–Kier alpha value is -3.00. The van der Waals surface area contributed by atoms with Gasteiger partial charge in [-0.1, -0.05) is 36.0 Å². The van der Waals surface area contributed by atoms with E-state index < -0.39 is 11.0 Å².